The first-order chi connectivity index (χ1) is 12.2. The van der Waals surface area contributed by atoms with Crippen molar-refractivity contribution in [3.63, 3.8) is 0 Å². The van der Waals surface area contributed by atoms with Crippen LogP contribution >= 0.6 is 11.6 Å². The molecule has 7 heteroatoms. The molecule has 0 saturated carbocycles. The van der Waals surface area contributed by atoms with Gasteiger partial charge in [0.2, 0.25) is 15.9 Å². The second kappa shape index (κ2) is 8.66. The summed E-state index contributed by atoms with van der Waals surface area (Å²) in [6, 6.07) is 12.8. The summed E-state index contributed by atoms with van der Waals surface area (Å²) in [5, 5.41) is 3.13. The van der Waals surface area contributed by atoms with Gasteiger partial charge in [-0.25, -0.2) is 8.42 Å². The minimum absolute atomic E-state index is 0.0300. The molecule has 2 rings (SSSR count). The normalized spacial score (nSPS) is 12.8. The lowest BCUT2D eigenvalue weighted by atomic mass is 10.0. The first kappa shape index (κ1) is 20.4. The van der Waals surface area contributed by atoms with Crippen LogP contribution in [0.1, 0.15) is 25.0 Å². The van der Waals surface area contributed by atoms with Gasteiger partial charge in [0.05, 0.1) is 4.90 Å². The van der Waals surface area contributed by atoms with Crippen LogP contribution < -0.4 is 10.0 Å². The van der Waals surface area contributed by atoms with Crippen LogP contribution in [-0.2, 0) is 21.4 Å². The van der Waals surface area contributed by atoms with E-state index in [0.717, 1.165) is 11.1 Å². The number of sulfonamides is 1. The Hall–Kier alpha value is -1.89. The third-order valence-corrected chi connectivity index (χ3v) is 5.73. The molecule has 0 aliphatic rings. The van der Waals surface area contributed by atoms with Gasteiger partial charge in [-0.1, -0.05) is 55.8 Å². The Kier molecular flexibility index (Phi) is 6.81. The number of hydrogen-bond donors (Lipinski definition) is 2. The lowest BCUT2D eigenvalue weighted by Crippen LogP contribution is -2.49. The Labute approximate surface area is 159 Å². The summed E-state index contributed by atoms with van der Waals surface area (Å²) in [7, 11) is -3.86. The third-order valence-electron chi connectivity index (χ3n) is 4.05. The second-order valence-electron chi connectivity index (χ2n) is 6.44. The quantitative estimate of drug-likeness (QED) is 0.756. The van der Waals surface area contributed by atoms with Crippen LogP contribution in [0.15, 0.2) is 53.4 Å². The zero-order valence-corrected chi connectivity index (χ0v) is 16.6. The van der Waals surface area contributed by atoms with E-state index in [1.165, 1.54) is 12.1 Å². The van der Waals surface area contributed by atoms with E-state index in [-0.39, 0.29) is 16.7 Å². The summed E-state index contributed by atoms with van der Waals surface area (Å²) in [6.07, 6.45) is 0. The molecule has 0 unspecified atom stereocenters. The van der Waals surface area contributed by atoms with Crippen LogP contribution in [0.3, 0.4) is 0 Å². The molecule has 0 spiro atoms. The summed E-state index contributed by atoms with van der Waals surface area (Å²) in [5.74, 6) is -0.588. The summed E-state index contributed by atoms with van der Waals surface area (Å²) < 4.78 is 27.7. The molecule has 2 N–H and O–H groups in total. The molecule has 0 bridgehead atoms. The molecule has 2 aromatic carbocycles. The number of carbonyl (C=O) groups is 1. The highest BCUT2D eigenvalue weighted by Gasteiger charge is 2.28. The van der Waals surface area contributed by atoms with Gasteiger partial charge < -0.3 is 5.32 Å². The Morgan fingerprint density at radius 2 is 1.81 bits per heavy atom. The first-order valence-electron chi connectivity index (χ1n) is 8.31. The van der Waals surface area contributed by atoms with Gasteiger partial charge in [0.25, 0.3) is 0 Å². The predicted octanol–water partition coefficient (Wildman–Crippen LogP) is 3.27. The number of hydrogen-bond acceptors (Lipinski definition) is 3. The molecule has 0 radical (unpaired) electrons. The smallest absolute Gasteiger partial charge is 0.241 e. The van der Waals surface area contributed by atoms with Gasteiger partial charge in [-0.05, 0) is 42.2 Å². The van der Waals surface area contributed by atoms with Crippen molar-refractivity contribution in [2.24, 2.45) is 5.92 Å². The fraction of sp³-hybridized carbons (Fsp3) is 0.316. The summed E-state index contributed by atoms with van der Waals surface area (Å²) in [5.41, 5.74) is 2.05. The number of amides is 1. The minimum atomic E-state index is -3.86. The molecular weight excluding hydrogens is 372 g/mol. The SMILES string of the molecule is Cc1ccccc1CNC(=O)[C@@H](NS(=O)(=O)c1cccc(Cl)c1)C(C)C. The molecule has 1 amide bonds. The van der Waals surface area contributed by atoms with Crippen LogP contribution in [0.25, 0.3) is 0 Å². The van der Waals surface area contributed by atoms with Crippen molar-refractivity contribution in [2.45, 2.75) is 38.3 Å². The highest BCUT2D eigenvalue weighted by molar-refractivity contribution is 7.89. The number of aryl methyl sites for hydroxylation is 1. The third kappa shape index (κ3) is 5.30. The maximum absolute atomic E-state index is 12.6. The van der Waals surface area contributed by atoms with Crippen molar-refractivity contribution in [1.82, 2.24) is 10.0 Å². The Balaban J connectivity index is 2.13. The molecule has 1 atom stereocenters. The molecule has 0 aliphatic carbocycles. The van der Waals surface area contributed by atoms with E-state index in [0.29, 0.717) is 11.6 Å². The van der Waals surface area contributed by atoms with Gasteiger partial charge in [-0.2, -0.15) is 4.72 Å². The average Bonchev–Trinajstić information content (AvgIpc) is 2.58. The summed E-state index contributed by atoms with van der Waals surface area (Å²) in [4.78, 5) is 12.6. The van der Waals surface area contributed by atoms with Crippen LogP contribution in [-0.4, -0.2) is 20.4 Å². The largest absolute Gasteiger partial charge is 0.351 e. The van der Waals surface area contributed by atoms with Crippen LogP contribution in [0, 0.1) is 12.8 Å². The van der Waals surface area contributed by atoms with Crippen molar-refractivity contribution in [3.05, 3.63) is 64.7 Å². The molecule has 0 fully saturated rings. The van der Waals surface area contributed by atoms with Gasteiger partial charge >= 0.3 is 0 Å². The highest BCUT2D eigenvalue weighted by Crippen LogP contribution is 2.17. The lowest BCUT2D eigenvalue weighted by Gasteiger charge is -2.22. The lowest BCUT2D eigenvalue weighted by molar-refractivity contribution is -0.123. The van der Waals surface area contributed by atoms with Crippen molar-refractivity contribution in [1.29, 1.82) is 0 Å². The van der Waals surface area contributed by atoms with Crippen LogP contribution in [0.4, 0.5) is 0 Å². The van der Waals surface area contributed by atoms with Crippen LogP contribution in [0.5, 0.6) is 0 Å². The van der Waals surface area contributed by atoms with E-state index in [4.69, 9.17) is 11.6 Å². The van der Waals surface area contributed by atoms with Crippen molar-refractivity contribution >= 4 is 27.5 Å². The zero-order chi connectivity index (χ0) is 19.3. The number of carbonyl (C=O) groups excluding carboxylic acids is 1. The second-order valence-corrected chi connectivity index (χ2v) is 8.60. The van der Waals surface area contributed by atoms with Gasteiger partial charge in [-0.3, -0.25) is 4.79 Å². The molecule has 0 heterocycles. The van der Waals surface area contributed by atoms with Gasteiger partial charge in [-0.15, -0.1) is 0 Å². The fourth-order valence-electron chi connectivity index (χ4n) is 2.46. The molecule has 0 aliphatic heterocycles. The number of benzene rings is 2. The Bertz CT molecular complexity index is 882. The summed E-state index contributed by atoms with van der Waals surface area (Å²) >= 11 is 5.87. The zero-order valence-electron chi connectivity index (χ0n) is 15.0. The highest BCUT2D eigenvalue weighted by atomic mass is 35.5. The molecule has 0 saturated heterocycles. The Morgan fingerprint density at radius 3 is 2.42 bits per heavy atom. The van der Waals surface area contributed by atoms with E-state index in [2.05, 4.69) is 10.0 Å². The maximum Gasteiger partial charge on any atom is 0.241 e. The Morgan fingerprint density at radius 1 is 1.12 bits per heavy atom. The number of halogens is 1. The molecule has 2 aromatic rings. The van der Waals surface area contributed by atoms with Crippen LogP contribution in [0.2, 0.25) is 5.02 Å². The van der Waals surface area contributed by atoms with Gasteiger partial charge in [0.1, 0.15) is 6.04 Å². The fourth-order valence-corrected chi connectivity index (χ4v) is 4.11. The number of rotatable bonds is 7. The van der Waals surface area contributed by atoms with E-state index >= 15 is 0 Å². The topological polar surface area (TPSA) is 75.3 Å². The van der Waals surface area contributed by atoms with Gasteiger partial charge in [0.15, 0.2) is 0 Å². The first-order valence-corrected chi connectivity index (χ1v) is 10.2. The molecule has 140 valence electrons. The van der Waals surface area contributed by atoms with E-state index in [1.54, 1.807) is 26.0 Å². The molecular formula is C19H23ClN2O3S. The standard InChI is InChI=1S/C19H23ClN2O3S/c1-13(2)18(19(23)21-12-15-8-5-4-7-14(15)3)22-26(24,25)17-10-6-9-16(20)11-17/h4-11,13,18,22H,12H2,1-3H3,(H,21,23)/t18-/m0/s1. The van der Waals surface area contributed by atoms with Crippen molar-refractivity contribution in [2.75, 3.05) is 0 Å². The van der Waals surface area contributed by atoms with E-state index in [1.807, 2.05) is 31.2 Å². The predicted molar refractivity (Wildman–Crippen MR) is 103 cm³/mol. The van der Waals surface area contributed by atoms with Crippen molar-refractivity contribution < 1.29 is 13.2 Å². The molecule has 0 aromatic heterocycles. The summed E-state index contributed by atoms with van der Waals surface area (Å²) in [6.45, 7) is 5.88. The average molecular weight is 395 g/mol. The number of nitrogens with one attached hydrogen (secondary N) is 2. The maximum atomic E-state index is 12.6. The van der Waals surface area contributed by atoms with Gasteiger partial charge in [0, 0.05) is 11.6 Å². The molecule has 26 heavy (non-hydrogen) atoms. The van der Waals surface area contributed by atoms with E-state index in [9.17, 15) is 13.2 Å². The molecule has 5 nitrogen and oxygen atoms in total. The van der Waals surface area contributed by atoms with E-state index < -0.39 is 16.1 Å². The monoisotopic (exact) mass is 394 g/mol. The van der Waals surface area contributed by atoms with Crippen molar-refractivity contribution in [3.8, 4) is 0 Å². The minimum Gasteiger partial charge on any atom is -0.351 e.